The molecule has 0 aromatic heterocycles. The minimum Gasteiger partial charge on any atom is -0.482 e. The van der Waals surface area contributed by atoms with Gasteiger partial charge in [0.25, 0.3) is 5.91 Å². The van der Waals surface area contributed by atoms with Crippen molar-refractivity contribution in [2.24, 2.45) is 0 Å². The van der Waals surface area contributed by atoms with E-state index in [9.17, 15) is 4.79 Å². The standard InChI is InChI=1S/C12H17N3O2/c1-2-3-4-14-9-6-10-11(5-8(9)13)17-7-12(16)15-10/h5-6,14H,2-4,7,13H2,1H3,(H,15,16). The van der Waals surface area contributed by atoms with Crippen molar-refractivity contribution in [3.8, 4) is 5.75 Å². The summed E-state index contributed by atoms with van der Waals surface area (Å²) < 4.78 is 5.28. The SMILES string of the molecule is CCCCNc1cc2c(cc1N)OCC(=O)N2. The Balaban J connectivity index is 2.17. The zero-order valence-electron chi connectivity index (χ0n) is 9.88. The maximum Gasteiger partial charge on any atom is 0.262 e. The highest BCUT2D eigenvalue weighted by atomic mass is 16.5. The van der Waals surface area contributed by atoms with E-state index in [2.05, 4.69) is 17.6 Å². The molecule has 1 aromatic carbocycles. The second-order valence-corrected chi connectivity index (χ2v) is 4.05. The molecule has 4 N–H and O–H groups in total. The summed E-state index contributed by atoms with van der Waals surface area (Å²) in [5.41, 5.74) is 8.05. The van der Waals surface area contributed by atoms with Gasteiger partial charge in [0, 0.05) is 12.6 Å². The number of carbonyl (C=O) groups is 1. The normalized spacial score (nSPS) is 13.6. The van der Waals surface area contributed by atoms with Gasteiger partial charge in [-0.15, -0.1) is 0 Å². The largest absolute Gasteiger partial charge is 0.482 e. The van der Waals surface area contributed by atoms with E-state index in [0.717, 1.165) is 25.1 Å². The van der Waals surface area contributed by atoms with Crippen molar-refractivity contribution in [2.45, 2.75) is 19.8 Å². The zero-order chi connectivity index (χ0) is 12.3. The molecular weight excluding hydrogens is 218 g/mol. The van der Waals surface area contributed by atoms with Crippen LogP contribution in [0.5, 0.6) is 5.75 Å². The maximum atomic E-state index is 11.2. The third-order valence-electron chi connectivity index (χ3n) is 2.63. The Hall–Kier alpha value is -1.91. The maximum absolute atomic E-state index is 11.2. The van der Waals surface area contributed by atoms with Gasteiger partial charge in [0.15, 0.2) is 6.61 Å². The highest BCUT2D eigenvalue weighted by Crippen LogP contribution is 2.35. The van der Waals surface area contributed by atoms with E-state index in [1.807, 2.05) is 6.07 Å². The number of unbranched alkanes of at least 4 members (excludes halogenated alkanes) is 1. The van der Waals surface area contributed by atoms with Crippen molar-refractivity contribution in [3.05, 3.63) is 12.1 Å². The molecule has 0 bridgehead atoms. The van der Waals surface area contributed by atoms with Gasteiger partial charge in [0.1, 0.15) is 5.75 Å². The minimum atomic E-state index is -0.137. The molecule has 0 saturated heterocycles. The fourth-order valence-corrected chi connectivity index (χ4v) is 1.70. The van der Waals surface area contributed by atoms with Crippen LogP contribution in [0.3, 0.4) is 0 Å². The van der Waals surface area contributed by atoms with Crippen molar-refractivity contribution >= 4 is 23.0 Å². The highest BCUT2D eigenvalue weighted by Gasteiger charge is 2.17. The lowest BCUT2D eigenvalue weighted by Gasteiger charge is -2.20. The molecular formula is C12H17N3O2. The predicted molar refractivity (Wildman–Crippen MR) is 68.4 cm³/mol. The van der Waals surface area contributed by atoms with Crippen LogP contribution in [0.25, 0.3) is 0 Å². The highest BCUT2D eigenvalue weighted by molar-refractivity contribution is 5.97. The van der Waals surface area contributed by atoms with Gasteiger partial charge in [0.05, 0.1) is 17.1 Å². The van der Waals surface area contributed by atoms with Gasteiger partial charge < -0.3 is 21.1 Å². The second kappa shape index (κ2) is 4.95. The average Bonchev–Trinajstić information content (AvgIpc) is 2.31. The van der Waals surface area contributed by atoms with E-state index in [4.69, 9.17) is 10.5 Å². The molecule has 5 nitrogen and oxygen atoms in total. The Morgan fingerprint density at radius 3 is 3.12 bits per heavy atom. The minimum absolute atomic E-state index is 0.0506. The summed E-state index contributed by atoms with van der Waals surface area (Å²) in [5.74, 6) is 0.491. The van der Waals surface area contributed by atoms with Crippen LogP contribution in [0.2, 0.25) is 0 Å². The van der Waals surface area contributed by atoms with E-state index >= 15 is 0 Å². The van der Waals surface area contributed by atoms with Gasteiger partial charge in [-0.05, 0) is 12.5 Å². The van der Waals surface area contributed by atoms with Crippen LogP contribution >= 0.6 is 0 Å². The molecule has 0 aliphatic carbocycles. The average molecular weight is 235 g/mol. The Kier molecular flexibility index (Phi) is 3.37. The van der Waals surface area contributed by atoms with Crippen molar-refractivity contribution in [2.75, 3.05) is 29.5 Å². The number of ether oxygens (including phenoxy) is 1. The lowest BCUT2D eigenvalue weighted by molar-refractivity contribution is -0.118. The lowest BCUT2D eigenvalue weighted by Crippen LogP contribution is -2.25. The summed E-state index contributed by atoms with van der Waals surface area (Å²) in [5, 5.41) is 6.01. The first-order valence-corrected chi connectivity index (χ1v) is 5.80. The van der Waals surface area contributed by atoms with E-state index < -0.39 is 0 Å². The van der Waals surface area contributed by atoms with Crippen LogP contribution in [0.1, 0.15) is 19.8 Å². The third kappa shape index (κ3) is 2.61. The molecule has 1 amide bonds. The van der Waals surface area contributed by atoms with Crippen molar-refractivity contribution < 1.29 is 9.53 Å². The molecule has 0 spiro atoms. The summed E-state index contributed by atoms with van der Waals surface area (Å²) in [7, 11) is 0. The number of carbonyl (C=O) groups excluding carboxylic acids is 1. The molecule has 0 radical (unpaired) electrons. The number of hydrogen-bond acceptors (Lipinski definition) is 4. The van der Waals surface area contributed by atoms with Crippen molar-refractivity contribution in [1.29, 1.82) is 0 Å². The van der Waals surface area contributed by atoms with E-state index in [-0.39, 0.29) is 12.5 Å². The first kappa shape index (κ1) is 11.6. The Morgan fingerprint density at radius 1 is 1.53 bits per heavy atom. The number of benzene rings is 1. The second-order valence-electron chi connectivity index (χ2n) is 4.05. The summed E-state index contributed by atoms with van der Waals surface area (Å²) >= 11 is 0. The number of amides is 1. The number of nitrogen functional groups attached to an aromatic ring is 1. The number of hydrogen-bond donors (Lipinski definition) is 3. The quantitative estimate of drug-likeness (QED) is 0.549. The number of nitrogens with one attached hydrogen (secondary N) is 2. The van der Waals surface area contributed by atoms with Gasteiger partial charge in [-0.25, -0.2) is 0 Å². The Labute approximate surface area is 100 Å². The van der Waals surface area contributed by atoms with Crippen LogP contribution in [0.4, 0.5) is 17.1 Å². The molecule has 1 heterocycles. The van der Waals surface area contributed by atoms with Crippen LogP contribution in [0.15, 0.2) is 12.1 Å². The van der Waals surface area contributed by atoms with Crippen LogP contribution in [0, 0.1) is 0 Å². The first-order valence-electron chi connectivity index (χ1n) is 5.80. The topological polar surface area (TPSA) is 76.4 Å². The predicted octanol–water partition coefficient (Wildman–Crippen LogP) is 1.81. The molecule has 17 heavy (non-hydrogen) atoms. The van der Waals surface area contributed by atoms with Crippen LogP contribution in [-0.4, -0.2) is 19.1 Å². The molecule has 0 unspecified atom stereocenters. The molecule has 2 rings (SSSR count). The molecule has 92 valence electrons. The van der Waals surface area contributed by atoms with E-state index in [0.29, 0.717) is 17.1 Å². The monoisotopic (exact) mass is 235 g/mol. The molecule has 0 fully saturated rings. The summed E-state index contributed by atoms with van der Waals surface area (Å²) in [6, 6.07) is 3.56. The molecule has 1 aliphatic rings. The fourth-order valence-electron chi connectivity index (χ4n) is 1.70. The molecule has 5 heteroatoms. The number of rotatable bonds is 4. The summed E-state index contributed by atoms with van der Waals surface area (Å²) in [4.78, 5) is 11.2. The molecule has 1 aliphatic heterocycles. The van der Waals surface area contributed by atoms with Gasteiger partial charge in [-0.3, -0.25) is 4.79 Å². The van der Waals surface area contributed by atoms with Crippen LogP contribution < -0.4 is 21.1 Å². The smallest absolute Gasteiger partial charge is 0.262 e. The van der Waals surface area contributed by atoms with Gasteiger partial charge in [-0.2, -0.15) is 0 Å². The Bertz CT molecular complexity index is 432. The molecule has 0 saturated carbocycles. The summed E-state index contributed by atoms with van der Waals surface area (Å²) in [6.45, 7) is 3.05. The molecule has 0 atom stereocenters. The molecule has 1 aromatic rings. The van der Waals surface area contributed by atoms with Crippen molar-refractivity contribution in [3.63, 3.8) is 0 Å². The van der Waals surface area contributed by atoms with Gasteiger partial charge in [0.2, 0.25) is 0 Å². The Morgan fingerprint density at radius 2 is 2.35 bits per heavy atom. The van der Waals surface area contributed by atoms with E-state index in [1.165, 1.54) is 0 Å². The first-order chi connectivity index (χ1) is 8.20. The van der Waals surface area contributed by atoms with Gasteiger partial charge >= 0.3 is 0 Å². The van der Waals surface area contributed by atoms with E-state index in [1.54, 1.807) is 6.07 Å². The fraction of sp³-hybridized carbons (Fsp3) is 0.417. The number of fused-ring (bicyclic) bond motifs is 1. The third-order valence-corrected chi connectivity index (χ3v) is 2.63. The van der Waals surface area contributed by atoms with Gasteiger partial charge in [-0.1, -0.05) is 13.3 Å². The zero-order valence-corrected chi connectivity index (χ0v) is 9.88. The van der Waals surface area contributed by atoms with Crippen LogP contribution in [-0.2, 0) is 4.79 Å². The number of anilines is 3. The number of nitrogens with two attached hydrogens (primary N) is 1. The van der Waals surface area contributed by atoms with Crippen molar-refractivity contribution in [1.82, 2.24) is 0 Å². The lowest BCUT2D eigenvalue weighted by atomic mass is 10.2. The summed E-state index contributed by atoms with van der Waals surface area (Å²) in [6.07, 6.45) is 2.21.